The highest BCUT2D eigenvalue weighted by Crippen LogP contribution is 2.46. The summed E-state index contributed by atoms with van der Waals surface area (Å²) in [5, 5.41) is 26.0. The standard InChI is InChI=1S/C50H35BO2/c52-51(53)47-27-15-26-46-48(42-30-38(34-16-5-1-6-17-34)28-39(31-42)35-18-7-2-8-19-35)44-24-13-14-25-45(44)49(50(46)47)43-32-40(36-20-9-3-10-21-36)29-41(33-43)37-22-11-4-12-23-37/h1-33,52-53H. The predicted octanol–water partition coefficient (Wildman–Crippen LogP) is 11.7. The van der Waals surface area contributed by atoms with Gasteiger partial charge in [-0.2, -0.15) is 0 Å². The van der Waals surface area contributed by atoms with E-state index in [0.717, 1.165) is 88.3 Å². The Morgan fingerprint density at radius 2 is 0.585 bits per heavy atom. The first kappa shape index (κ1) is 32.4. The van der Waals surface area contributed by atoms with Crippen molar-refractivity contribution in [2.24, 2.45) is 0 Å². The van der Waals surface area contributed by atoms with E-state index in [1.54, 1.807) is 0 Å². The van der Waals surface area contributed by atoms with Crippen LogP contribution in [0.2, 0.25) is 0 Å². The van der Waals surface area contributed by atoms with Crippen LogP contribution in [0.4, 0.5) is 0 Å². The Hall–Kier alpha value is -6.52. The Labute approximate surface area is 310 Å². The van der Waals surface area contributed by atoms with Gasteiger partial charge in [-0.05, 0) is 130 Å². The fourth-order valence-electron chi connectivity index (χ4n) is 7.82. The van der Waals surface area contributed by atoms with Gasteiger partial charge in [0, 0.05) is 0 Å². The van der Waals surface area contributed by atoms with E-state index in [1.807, 2.05) is 36.4 Å². The van der Waals surface area contributed by atoms with Crippen LogP contribution in [0.25, 0.3) is 88.3 Å². The van der Waals surface area contributed by atoms with Crippen molar-refractivity contribution in [1.82, 2.24) is 0 Å². The van der Waals surface area contributed by atoms with E-state index < -0.39 is 7.12 Å². The molecule has 2 nitrogen and oxygen atoms in total. The number of hydrogen-bond donors (Lipinski definition) is 2. The van der Waals surface area contributed by atoms with Gasteiger partial charge in [0.1, 0.15) is 0 Å². The van der Waals surface area contributed by atoms with Crippen LogP contribution in [0, 0.1) is 0 Å². The maximum atomic E-state index is 11.0. The van der Waals surface area contributed by atoms with Gasteiger partial charge in [-0.3, -0.25) is 0 Å². The number of fused-ring (bicyclic) bond motifs is 2. The predicted molar refractivity (Wildman–Crippen MR) is 224 cm³/mol. The SMILES string of the molecule is OB(O)c1cccc2c(-c3cc(-c4ccccc4)cc(-c4ccccc4)c3)c3ccccc3c(-c3cc(-c4ccccc4)cc(-c4ccccc4)c3)c12. The smallest absolute Gasteiger partial charge is 0.423 e. The molecule has 0 aliphatic heterocycles. The van der Waals surface area contributed by atoms with Gasteiger partial charge in [-0.15, -0.1) is 0 Å². The molecule has 0 spiro atoms. The average Bonchev–Trinajstić information content (AvgIpc) is 3.23. The molecule has 0 saturated heterocycles. The maximum absolute atomic E-state index is 11.0. The quantitative estimate of drug-likeness (QED) is 0.130. The average molecular weight is 679 g/mol. The molecule has 9 aromatic carbocycles. The molecule has 0 atom stereocenters. The molecule has 0 aromatic heterocycles. The first-order valence-corrected chi connectivity index (χ1v) is 18.0. The second kappa shape index (κ2) is 13.9. The van der Waals surface area contributed by atoms with Gasteiger partial charge in [0.25, 0.3) is 0 Å². The van der Waals surface area contributed by atoms with Crippen molar-refractivity contribution in [2.45, 2.75) is 0 Å². The van der Waals surface area contributed by atoms with Gasteiger partial charge in [0.05, 0.1) is 0 Å². The van der Waals surface area contributed by atoms with Gasteiger partial charge >= 0.3 is 7.12 Å². The van der Waals surface area contributed by atoms with Crippen LogP contribution in [0.3, 0.4) is 0 Å². The van der Waals surface area contributed by atoms with Crippen LogP contribution in [0.5, 0.6) is 0 Å². The van der Waals surface area contributed by atoms with Crippen molar-refractivity contribution in [2.75, 3.05) is 0 Å². The molecule has 9 rings (SSSR count). The topological polar surface area (TPSA) is 40.5 Å². The van der Waals surface area contributed by atoms with Crippen molar-refractivity contribution >= 4 is 34.1 Å². The molecule has 3 heteroatoms. The second-order valence-electron chi connectivity index (χ2n) is 13.5. The minimum Gasteiger partial charge on any atom is -0.423 e. The molecule has 250 valence electrons. The zero-order valence-corrected chi connectivity index (χ0v) is 29.0. The summed E-state index contributed by atoms with van der Waals surface area (Å²) in [6.07, 6.45) is 0. The van der Waals surface area contributed by atoms with E-state index in [0.29, 0.717) is 5.46 Å². The molecule has 0 heterocycles. The third kappa shape index (κ3) is 6.13. The Balaban J connectivity index is 1.40. The Kier molecular flexibility index (Phi) is 8.49. The molecule has 0 amide bonds. The normalized spacial score (nSPS) is 11.2. The lowest BCUT2D eigenvalue weighted by atomic mass is 9.73. The zero-order chi connectivity index (χ0) is 35.7. The lowest BCUT2D eigenvalue weighted by molar-refractivity contribution is 0.426. The molecule has 53 heavy (non-hydrogen) atoms. The fraction of sp³-hybridized carbons (Fsp3) is 0. The van der Waals surface area contributed by atoms with E-state index in [1.165, 1.54) is 0 Å². The van der Waals surface area contributed by atoms with Crippen LogP contribution in [0.1, 0.15) is 0 Å². The third-order valence-electron chi connectivity index (χ3n) is 10.2. The van der Waals surface area contributed by atoms with E-state index in [-0.39, 0.29) is 0 Å². The first-order valence-electron chi connectivity index (χ1n) is 18.0. The van der Waals surface area contributed by atoms with Crippen molar-refractivity contribution in [3.8, 4) is 66.8 Å². The molecule has 0 bridgehead atoms. The van der Waals surface area contributed by atoms with E-state index in [9.17, 15) is 10.0 Å². The molecule has 0 aliphatic rings. The summed E-state index contributed by atoms with van der Waals surface area (Å²) >= 11 is 0. The Morgan fingerprint density at radius 1 is 0.264 bits per heavy atom. The van der Waals surface area contributed by atoms with Crippen LogP contribution >= 0.6 is 0 Å². The number of hydrogen-bond acceptors (Lipinski definition) is 2. The summed E-state index contributed by atoms with van der Waals surface area (Å²) in [6, 6.07) is 69.9. The van der Waals surface area contributed by atoms with Crippen molar-refractivity contribution in [3.05, 3.63) is 200 Å². The monoisotopic (exact) mass is 678 g/mol. The highest BCUT2D eigenvalue weighted by atomic mass is 16.4. The van der Waals surface area contributed by atoms with E-state index >= 15 is 0 Å². The molecule has 9 aromatic rings. The minimum atomic E-state index is -1.67. The lowest BCUT2D eigenvalue weighted by Crippen LogP contribution is -2.30. The van der Waals surface area contributed by atoms with Crippen LogP contribution < -0.4 is 5.46 Å². The van der Waals surface area contributed by atoms with Crippen LogP contribution in [-0.2, 0) is 0 Å². The molecule has 0 unspecified atom stereocenters. The summed E-state index contributed by atoms with van der Waals surface area (Å²) in [6.45, 7) is 0. The van der Waals surface area contributed by atoms with E-state index in [2.05, 4.69) is 164 Å². The van der Waals surface area contributed by atoms with Gasteiger partial charge in [0.2, 0.25) is 0 Å². The highest BCUT2D eigenvalue weighted by Gasteiger charge is 2.24. The molecule has 0 aliphatic carbocycles. The van der Waals surface area contributed by atoms with Crippen molar-refractivity contribution in [1.29, 1.82) is 0 Å². The van der Waals surface area contributed by atoms with Gasteiger partial charge in [-0.25, -0.2) is 0 Å². The van der Waals surface area contributed by atoms with Gasteiger partial charge < -0.3 is 10.0 Å². The first-order chi connectivity index (χ1) is 26.1. The van der Waals surface area contributed by atoms with E-state index in [4.69, 9.17) is 0 Å². The molecular formula is C50H35BO2. The molecule has 2 N–H and O–H groups in total. The Bertz CT molecular complexity index is 2610. The largest absolute Gasteiger partial charge is 0.489 e. The number of benzene rings is 9. The second-order valence-corrected chi connectivity index (χ2v) is 13.5. The minimum absolute atomic E-state index is 0.471. The molecule has 0 saturated carbocycles. The van der Waals surface area contributed by atoms with Crippen molar-refractivity contribution in [3.63, 3.8) is 0 Å². The van der Waals surface area contributed by atoms with Crippen LogP contribution in [0.15, 0.2) is 200 Å². The summed E-state index contributed by atoms with van der Waals surface area (Å²) < 4.78 is 0. The van der Waals surface area contributed by atoms with Crippen molar-refractivity contribution < 1.29 is 10.0 Å². The maximum Gasteiger partial charge on any atom is 0.489 e. The highest BCUT2D eigenvalue weighted by molar-refractivity contribution is 6.63. The zero-order valence-electron chi connectivity index (χ0n) is 29.0. The lowest BCUT2D eigenvalue weighted by Gasteiger charge is -2.22. The summed E-state index contributed by atoms with van der Waals surface area (Å²) in [7, 11) is -1.67. The van der Waals surface area contributed by atoms with Gasteiger partial charge in [-0.1, -0.05) is 164 Å². The third-order valence-corrected chi connectivity index (χ3v) is 10.2. The summed E-state index contributed by atoms with van der Waals surface area (Å²) in [5.41, 5.74) is 13.5. The Morgan fingerprint density at radius 3 is 0.981 bits per heavy atom. The summed E-state index contributed by atoms with van der Waals surface area (Å²) in [4.78, 5) is 0. The molecule has 0 radical (unpaired) electrons. The summed E-state index contributed by atoms with van der Waals surface area (Å²) in [5.74, 6) is 0. The number of rotatable bonds is 7. The molecular weight excluding hydrogens is 643 g/mol. The van der Waals surface area contributed by atoms with Crippen LogP contribution in [-0.4, -0.2) is 17.2 Å². The fourth-order valence-corrected chi connectivity index (χ4v) is 7.82. The molecule has 0 fully saturated rings. The van der Waals surface area contributed by atoms with Gasteiger partial charge in [0.15, 0.2) is 0 Å².